The van der Waals surface area contributed by atoms with Crippen LogP contribution in [-0.2, 0) is 16.0 Å². The Morgan fingerprint density at radius 2 is 2.12 bits per heavy atom. The lowest BCUT2D eigenvalue weighted by atomic mass is 10.0. The van der Waals surface area contributed by atoms with Crippen molar-refractivity contribution in [3.05, 3.63) is 34.7 Å². The number of nitrogens with zero attached hydrogens (tertiary/aromatic N) is 2. The number of hydrogen-bond donors (Lipinski definition) is 0. The van der Waals surface area contributed by atoms with Gasteiger partial charge < -0.3 is 14.4 Å². The fraction of sp³-hybridized carbons (Fsp3) is 0.474. The first-order valence-electron chi connectivity index (χ1n) is 8.47. The van der Waals surface area contributed by atoms with E-state index in [0.29, 0.717) is 32.6 Å². The predicted molar refractivity (Wildman–Crippen MR) is 99.0 cm³/mol. The van der Waals surface area contributed by atoms with Crippen molar-refractivity contribution >= 4 is 17.2 Å². The van der Waals surface area contributed by atoms with Gasteiger partial charge in [0.05, 0.1) is 36.6 Å². The smallest absolute Gasteiger partial charge is 0.223 e. The number of amides is 1. The number of morpholine rings is 1. The summed E-state index contributed by atoms with van der Waals surface area (Å²) in [5, 5.41) is 3.03. The third-order valence-electron chi connectivity index (χ3n) is 4.44. The van der Waals surface area contributed by atoms with Crippen LogP contribution < -0.4 is 4.74 Å². The molecule has 1 aromatic heterocycles. The zero-order valence-electron chi connectivity index (χ0n) is 14.9. The predicted octanol–water partition coefficient (Wildman–Crippen LogP) is 3.39. The van der Waals surface area contributed by atoms with Crippen molar-refractivity contribution in [3.63, 3.8) is 0 Å². The Labute approximate surface area is 152 Å². The third kappa shape index (κ3) is 4.19. The van der Waals surface area contributed by atoms with E-state index in [1.807, 2.05) is 34.5 Å². The molecule has 6 heteroatoms. The molecule has 1 saturated heterocycles. The van der Waals surface area contributed by atoms with Crippen LogP contribution in [0.1, 0.15) is 25.3 Å². The van der Waals surface area contributed by atoms with Crippen molar-refractivity contribution in [1.29, 1.82) is 0 Å². The number of ether oxygens (including phenoxy) is 2. The maximum absolute atomic E-state index is 12.6. The number of aromatic nitrogens is 1. The lowest BCUT2D eigenvalue weighted by Gasteiger charge is -2.42. The van der Waals surface area contributed by atoms with Crippen LogP contribution in [-0.4, -0.2) is 48.2 Å². The molecule has 2 heterocycles. The Balaban J connectivity index is 1.60. The summed E-state index contributed by atoms with van der Waals surface area (Å²) in [6.45, 7) is 5.98. The van der Waals surface area contributed by atoms with Crippen LogP contribution in [0.5, 0.6) is 5.75 Å². The summed E-state index contributed by atoms with van der Waals surface area (Å²) < 4.78 is 10.7. The van der Waals surface area contributed by atoms with E-state index >= 15 is 0 Å². The van der Waals surface area contributed by atoms with Gasteiger partial charge in [0.15, 0.2) is 0 Å². The van der Waals surface area contributed by atoms with Gasteiger partial charge in [-0.3, -0.25) is 4.79 Å². The first-order valence-corrected chi connectivity index (χ1v) is 9.34. The molecule has 0 spiro atoms. The molecular formula is C19H24N2O3S. The summed E-state index contributed by atoms with van der Waals surface area (Å²) >= 11 is 1.61. The van der Waals surface area contributed by atoms with E-state index in [9.17, 15) is 4.79 Å². The highest BCUT2D eigenvalue weighted by Crippen LogP contribution is 2.25. The molecule has 134 valence electrons. The molecule has 1 fully saturated rings. The summed E-state index contributed by atoms with van der Waals surface area (Å²) in [4.78, 5) is 19.2. The van der Waals surface area contributed by atoms with Crippen molar-refractivity contribution in [3.8, 4) is 17.0 Å². The molecule has 3 rings (SSSR count). The second-order valence-electron chi connectivity index (χ2n) is 6.77. The third-order valence-corrected chi connectivity index (χ3v) is 5.35. The van der Waals surface area contributed by atoms with Crippen LogP contribution in [0.4, 0.5) is 0 Å². The number of methoxy groups -OCH3 is 1. The first-order chi connectivity index (χ1) is 12.0. The average Bonchev–Trinajstić information content (AvgIpc) is 3.08. The molecule has 5 nitrogen and oxygen atoms in total. The van der Waals surface area contributed by atoms with Gasteiger partial charge in [0.1, 0.15) is 5.75 Å². The minimum atomic E-state index is -0.230. The van der Waals surface area contributed by atoms with Crippen molar-refractivity contribution in [2.45, 2.75) is 32.2 Å². The maximum Gasteiger partial charge on any atom is 0.223 e. The summed E-state index contributed by atoms with van der Waals surface area (Å²) in [7, 11) is 1.66. The Hall–Kier alpha value is -1.92. The Morgan fingerprint density at radius 3 is 2.80 bits per heavy atom. The minimum absolute atomic E-state index is 0.175. The van der Waals surface area contributed by atoms with Gasteiger partial charge in [0.2, 0.25) is 5.91 Å². The van der Waals surface area contributed by atoms with Crippen LogP contribution in [0.25, 0.3) is 11.3 Å². The van der Waals surface area contributed by atoms with E-state index in [1.54, 1.807) is 18.4 Å². The highest BCUT2D eigenvalue weighted by Gasteiger charge is 2.33. The molecule has 1 aromatic carbocycles. The molecule has 1 amide bonds. The number of rotatable bonds is 5. The minimum Gasteiger partial charge on any atom is -0.497 e. The Bertz CT molecular complexity index is 725. The normalized spacial score (nSPS) is 16.7. The summed E-state index contributed by atoms with van der Waals surface area (Å²) in [5.41, 5.74) is 1.78. The van der Waals surface area contributed by atoms with E-state index in [-0.39, 0.29) is 11.4 Å². The molecule has 1 aliphatic rings. The monoisotopic (exact) mass is 360 g/mol. The summed E-state index contributed by atoms with van der Waals surface area (Å²) in [6, 6.07) is 7.86. The number of benzene rings is 1. The van der Waals surface area contributed by atoms with Gasteiger partial charge in [-0.15, -0.1) is 11.3 Å². The molecule has 0 saturated carbocycles. The van der Waals surface area contributed by atoms with Gasteiger partial charge >= 0.3 is 0 Å². The van der Waals surface area contributed by atoms with Crippen LogP contribution in [0.2, 0.25) is 0 Å². The van der Waals surface area contributed by atoms with Crippen LogP contribution in [0.15, 0.2) is 29.6 Å². The Kier molecular flexibility index (Phi) is 5.39. The zero-order chi connectivity index (χ0) is 17.9. The lowest BCUT2D eigenvalue weighted by molar-refractivity contribution is -0.146. The van der Waals surface area contributed by atoms with Gasteiger partial charge in [-0.05, 0) is 38.1 Å². The zero-order valence-corrected chi connectivity index (χ0v) is 15.8. The van der Waals surface area contributed by atoms with E-state index in [0.717, 1.165) is 22.0 Å². The number of carbonyl (C=O) groups excluding carboxylic acids is 1. The fourth-order valence-corrected chi connectivity index (χ4v) is 3.80. The van der Waals surface area contributed by atoms with Gasteiger partial charge in [-0.1, -0.05) is 0 Å². The van der Waals surface area contributed by atoms with Crippen molar-refractivity contribution in [1.82, 2.24) is 9.88 Å². The average molecular weight is 360 g/mol. The highest BCUT2D eigenvalue weighted by molar-refractivity contribution is 7.09. The number of carbonyl (C=O) groups is 1. The number of aryl methyl sites for hydroxylation is 1. The fourth-order valence-electron chi connectivity index (χ4n) is 2.99. The van der Waals surface area contributed by atoms with Gasteiger partial charge in [0.25, 0.3) is 0 Å². The SMILES string of the molecule is COc1ccc(-c2csc(CCC(=O)N3CCOCC3(C)C)n2)cc1. The Morgan fingerprint density at radius 1 is 1.36 bits per heavy atom. The molecule has 0 aliphatic carbocycles. The second kappa shape index (κ2) is 7.54. The summed E-state index contributed by atoms with van der Waals surface area (Å²) in [5.74, 6) is 1.01. The summed E-state index contributed by atoms with van der Waals surface area (Å²) in [6.07, 6.45) is 1.16. The standard InChI is InChI=1S/C19H24N2O3S/c1-19(2)13-24-11-10-21(19)18(22)9-8-17-20-16(12-25-17)14-4-6-15(23-3)7-5-14/h4-7,12H,8-11,13H2,1-3H3. The van der Waals surface area contributed by atoms with E-state index in [4.69, 9.17) is 9.47 Å². The van der Waals surface area contributed by atoms with Crippen molar-refractivity contribution < 1.29 is 14.3 Å². The van der Waals surface area contributed by atoms with Crippen LogP contribution >= 0.6 is 11.3 Å². The van der Waals surface area contributed by atoms with Crippen molar-refractivity contribution in [2.24, 2.45) is 0 Å². The molecule has 0 N–H and O–H groups in total. The lowest BCUT2D eigenvalue weighted by Crippen LogP contribution is -2.55. The largest absolute Gasteiger partial charge is 0.497 e. The maximum atomic E-state index is 12.6. The van der Waals surface area contributed by atoms with E-state index in [1.165, 1.54) is 0 Å². The molecule has 1 aliphatic heterocycles. The molecule has 0 bridgehead atoms. The van der Waals surface area contributed by atoms with Gasteiger partial charge in [0, 0.05) is 30.3 Å². The van der Waals surface area contributed by atoms with Crippen molar-refractivity contribution in [2.75, 3.05) is 26.9 Å². The molecule has 0 atom stereocenters. The molecular weight excluding hydrogens is 336 g/mol. The molecule has 2 aromatic rings. The van der Waals surface area contributed by atoms with E-state index in [2.05, 4.69) is 18.8 Å². The van der Waals surface area contributed by atoms with Gasteiger partial charge in [-0.25, -0.2) is 4.98 Å². The quantitative estimate of drug-likeness (QED) is 0.820. The van der Waals surface area contributed by atoms with E-state index < -0.39 is 0 Å². The topological polar surface area (TPSA) is 51.7 Å². The number of thiazole rings is 1. The first kappa shape index (κ1) is 17.9. The molecule has 25 heavy (non-hydrogen) atoms. The second-order valence-corrected chi connectivity index (χ2v) is 7.71. The highest BCUT2D eigenvalue weighted by atomic mass is 32.1. The van der Waals surface area contributed by atoms with Gasteiger partial charge in [-0.2, -0.15) is 0 Å². The number of hydrogen-bond acceptors (Lipinski definition) is 5. The molecule has 0 radical (unpaired) electrons. The molecule has 0 unspecified atom stereocenters. The van der Waals surface area contributed by atoms with Crippen LogP contribution in [0.3, 0.4) is 0 Å². The van der Waals surface area contributed by atoms with Crippen LogP contribution in [0, 0.1) is 0 Å².